The van der Waals surface area contributed by atoms with E-state index in [1.54, 1.807) is 0 Å². The zero-order chi connectivity index (χ0) is 20.8. The van der Waals surface area contributed by atoms with E-state index in [0.717, 1.165) is 31.0 Å². The van der Waals surface area contributed by atoms with Gasteiger partial charge in [-0.3, -0.25) is 15.0 Å². The average molecular weight is 421 g/mol. The predicted molar refractivity (Wildman–Crippen MR) is 105 cm³/mol. The molecule has 1 aliphatic heterocycles. The van der Waals surface area contributed by atoms with Gasteiger partial charge in [0.25, 0.3) is 5.69 Å². The van der Waals surface area contributed by atoms with Gasteiger partial charge in [0.2, 0.25) is 5.89 Å². The largest absolute Gasteiger partial charge is 0.363 e. The molecule has 1 aliphatic carbocycles. The molecule has 156 valence electrons. The Morgan fingerprint density at radius 3 is 2.52 bits per heavy atom. The first-order valence-electron chi connectivity index (χ1n) is 9.55. The minimum absolute atomic E-state index is 0.0280. The molecule has 1 atom stereocenters. The summed E-state index contributed by atoms with van der Waals surface area (Å²) in [5.41, 5.74) is 0.240. The quantitative estimate of drug-likeness (QED) is 0.510. The third kappa shape index (κ3) is 4.10. The maximum atomic E-state index is 11.7. The zero-order valence-electron chi connectivity index (χ0n) is 16.3. The number of nitro benzene ring substituents is 1. The Morgan fingerprint density at radius 2 is 1.93 bits per heavy atom. The second kappa shape index (κ2) is 7.38. The topological polar surface area (TPSA) is 123 Å². The summed E-state index contributed by atoms with van der Waals surface area (Å²) in [4.78, 5) is 19.6. The van der Waals surface area contributed by atoms with Gasteiger partial charge in [-0.2, -0.15) is 4.98 Å². The first kappa shape index (κ1) is 19.8. The van der Waals surface area contributed by atoms with E-state index in [2.05, 4.69) is 15.0 Å². The minimum atomic E-state index is -3.51. The summed E-state index contributed by atoms with van der Waals surface area (Å²) in [6.45, 7) is 4.52. The van der Waals surface area contributed by atoms with E-state index in [4.69, 9.17) is 4.52 Å². The molecule has 1 aromatic carbocycles. The Balaban J connectivity index is 1.46. The summed E-state index contributed by atoms with van der Waals surface area (Å²) < 4.78 is 28.9. The molecule has 2 aromatic rings. The van der Waals surface area contributed by atoms with Crippen LogP contribution in [0.3, 0.4) is 0 Å². The highest BCUT2D eigenvalue weighted by Crippen LogP contribution is 2.39. The van der Waals surface area contributed by atoms with Crippen LogP contribution >= 0.6 is 0 Å². The van der Waals surface area contributed by atoms with Crippen LogP contribution in [0.25, 0.3) is 0 Å². The lowest BCUT2D eigenvalue weighted by molar-refractivity contribution is -0.384. The molecule has 2 heterocycles. The Hall–Kier alpha value is -2.53. The number of anilines is 1. The monoisotopic (exact) mass is 421 g/mol. The average Bonchev–Trinajstić information content (AvgIpc) is 3.43. The molecule has 29 heavy (non-hydrogen) atoms. The van der Waals surface area contributed by atoms with Crippen molar-refractivity contribution in [3.8, 4) is 0 Å². The van der Waals surface area contributed by atoms with Crippen LogP contribution in [0, 0.1) is 10.1 Å². The molecule has 0 amide bonds. The number of benzene rings is 1. The van der Waals surface area contributed by atoms with Crippen molar-refractivity contribution < 1.29 is 17.9 Å². The Kier molecular flexibility index (Phi) is 5.03. The maximum absolute atomic E-state index is 11.7. The van der Waals surface area contributed by atoms with Crippen molar-refractivity contribution in [3.63, 3.8) is 0 Å². The summed E-state index contributed by atoms with van der Waals surface area (Å²) in [7, 11) is -3.51. The molecule has 0 spiro atoms. The molecule has 0 bridgehead atoms. The van der Waals surface area contributed by atoms with Crippen molar-refractivity contribution in [2.75, 3.05) is 37.3 Å². The number of piperazine rings is 1. The van der Waals surface area contributed by atoms with E-state index in [1.165, 1.54) is 12.1 Å². The van der Waals surface area contributed by atoms with Gasteiger partial charge in [0, 0.05) is 44.4 Å². The highest BCUT2D eigenvalue weighted by atomic mass is 32.2. The van der Waals surface area contributed by atoms with Crippen LogP contribution in [0.1, 0.15) is 43.4 Å². The molecule has 10 nitrogen and oxygen atoms in total. The van der Waals surface area contributed by atoms with Gasteiger partial charge >= 0.3 is 0 Å². The first-order chi connectivity index (χ1) is 13.7. The molecule has 0 N–H and O–H groups in total. The summed E-state index contributed by atoms with van der Waals surface area (Å²) in [5, 5.41) is 15.6. The van der Waals surface area contributed by atoms with Crippen LogP contribution in [-0.4, -0.2) is 60.8 Å². The third-order valence-electron chi connectivity index (χ3n) is 5.53. The van der Waals surface area contributed by atoms with Gasteiger partial charge in [0.1, 0.15) is 5.69 Å². The van der Waals surface area contributed by atoms with E-state index in [-0.39, 0.29) is 16.6 Å². The van der Waals surface area contributed by atoms with Crippen molar-refractivity contribution in [2.45, 2.75) is 36.6 Å². The predicted octanol–water partition coefficient (Wildman–Crippen LogP) is 2.14. The van der Waals surface area contributed by atoms with Gasteiger partial charge in [0.05, 0.1) is 15.9 Å². The van der Waals surface area contributed by atoms with Gasteiger partial charge in [-0.15, -0.1) is 0 Å². The molecule has 1 saturated heterocycles. The molecule has 1 aromatic heterocycles. The number of nitrogens with zero attached hydrogens (tertiary/aromatic N) is 5. The SMILES string of the molecule is C[C@H](c1nc(C2CC2)no1)N1CCN(c2ccc(S(C)(=O)=O)cc2[N+](=O)[O-])CC1. The molecule has 11 heteroatoms. The number of hydrogen-bond acceptors (Lipinski definition) is 9. The molecule has 0 unspecified atom stereocenters. The lowest BCUT2D eigenvalue weighted by Crippen LogP contribution is -2.47. The molecule has 1 saturated carbocycles. The molecule has 4 rings (SSSR count). The first-order valence-corrected chi connectivity index (χ1v) is 11.4. The van der Waals surface area contributed by atoms with Crippen LogP contribution in [0.4, 0.5) is 11.4 Å². The fourth-order valence-electron chi connectivity index (χ4n) is 3.58. The van der Waals surface area contributed by atoms with E-state index < -0.39 is 14.8 Å². The highest BCUT2D eigenvalue weighted by Gasteiger charge is 2.32. The van der Waals surface area contributed by atoms with Crippen molar-refractivity contribution in [3.05, 3.63) is 40.0 Å². The Bertz CT molecular complexity index is 1030. The van der Waals surface area contributed by atoms with Gasteiger partial charge < -0.3 is 9.42 Å². The second-order valence-corrected chi connectivity index (χ2v) is 9.66. The van der Waals surface area contributed by atoms with Crippen LogP contribution in [0.15, 0.2) is 27.6 Å². The molecule has 2 aliphatic rings. The molecular formula is C18H23N5O5S. The van der Waals surface area contributed by atoms with Crippen LogP contribution < -0.4 is 4.90 Å². The van der Waals surface area contributed by atoms with E-state index >= 15 is 0 Å². The normalized spacial score (nSPS) is 19.3. The highest BCUT2D eigenvalue weighted by molar-refractivity contribution is 7.90. The number of rotatable bonds is 6. The lowest BCUT2D eigenvalue weighted by Gasteiger charge is -2.37. The second-order valence-electron chi connectivity index (χ2n) is 7.64. The maximum Gasteiger partial charge on any atom is 0.293 e. The summed E-state index contributed by atoms with van der Waals surface area (Å²) in [5.74, 6) is 1.82. The minimum Gasteiger partial charge on any atom is -0.363 e. The Morgan fingerprint density at radius 1 is 1.24 bits per heavy atom. The number of aromatic nitrogens is 2. The van der Waals surface area contributed by atoms with Crippen molar-refractivity contribution in [1.29, 1.82) is 0 Å². The van der Waals surface area contributed by atoms with Gasteiger partial charge in [0.15, 0.2) is 15.7 Å². The van der Waals surface area contributed by atoms with Gasteiger partial charge in [-0.25, -0.2) is 8.42 Å². The third-order valence-corrected chi connectivity index (χ3v) is 6.64. The van der Waals surface area contributed by atoms with E-state index in [9.17, 15) is 18.5 Å². The zero-order valence-corrected chi connectivity index (χ0v) is 17.1. The standard InChI is InChI=1S/C18H23N5O5S/c1-12(18-19-17(20-28-18)13-3-4-13)21-7-9-22(10-8-21)15-6-5-14(29(2,26)27)11-16(15)23(24)25/h5-6,11-13H,3-4,7-10H2,1-2H3/t12-/m1/s1. The Labute approximate surface area is 168 Å². The van der Waals surface area contributed by atoms with Crippen LogP contribution in [0.5, 0.6) is 0 Å². The lowest BCUT2D eigenvalue weighted by atomic mass is 10.2. The summed E-state index contributed by atoms with van der Waals surface area (Å²) >= 11 is 0. The molecular weight excluding hydrogens is 398 g/mol. The number of sulfone groups is 1. The molecule has 2 fully saturated rings. The number of nitro groups is 1. The smallest absolute Gasteiger partial charge is 0.293 e. The van der Waals surface area contributed by atoms with Crippen molar-refractivity contribution >= 4 is 21.2 Å². The number of hydrogen-bond donors (Lipinski definition) is 0. The van der Waals surface area contributed by atoms with Crippen molar-refractivity contribution in [2.24, 2.45) is 0 Å². The van der Waals surface area contributed by atoms with E-state index in [1.807, 2.05) is 11.8 Å². The van der Waals surface area contributed by atoms with Gasteiger partial charge in [-0.1, -0.05) is 5.16 Å². The fourth-order valence-corrected chi connectivity index (χ4v) is 4.22. The fraction of sp³-hybridized carbons (Fsp3) is 0.556. The van der Waals surface area contributed by atoms with Gasteiger partial charge in [-0.05, 0) is 31.9 Å². The summed E-state index contributed by atoms with van der Waals surface area (Å²) in [6, 6.07) is 4.05. The van der Waals surface area contributed by atoms with Crippen LogP contribution in [0.2, 0.25) is 0 Å². The summed E-state index contributed by atoms with van der Waals surface area (Å²) in [6.07, 6.45) is 3.27. The van der Waals surface area contributed by atoms with E-state index in [0.29, 0.717) is 43.7 Å². The van der Waals surface area contributed by atoms with Crippen molar-refractivity contribution in [1.82, 2.24) is 15.0 Å². The molecule has 0 radical (unpaired) electrons. The van der Waals surface area contributed by atoms with Crippen LogP contribution in [-0.2, 0) is 9.84 Å².